The van der Waals surface area contributed by atoms with E-state index in [4.69, 9.17) is 0 Å². The topological polar surface area (TPSA) is 0 Å². The largest absolute Gasteiger partial charge is 0.0795 e. The van der Waals surface area contributed by atoms with Gasteiger partial charge in [0.05, 0.1) is 0 Å². The monoisotopic (exact) mass is 165 g/mol. The summed E-state index contributed by atoms with van der Waals surface area (Å²) in [6.45, 7) is 0. The molecule has 0 nitrogen and oxygen atoms in total. The van der Waals surface area contributed by atoms with Crippen molar-refractivity contribution >= 4 is 16.8 Å². The third-order valence-electron chi connectivity index (χ3n) is 2.60. The number of hydrogen-bond acceptors (Lipinski definition) is 0. The fourth-order valence-corrected chi connectivity index (χ4v) is 1.95. The first kappa shape index (κ1) is 6.90. The highest BCUT2D eigenvalue weighted by Crippen LogP contribution is 2.27. The van der Waals surface area contributed by atoms with E-state index in [0.29, 0.717) is 0 Å². The van der Waals surface area contributed by atoms with Gasteiger partial charge in [-0.2, -0.15) is 0 Å². The summed E-state index contributed by atoms with van der Waals surface area (Å²) in [5.41, 5.74) is 2.69. The maximum atomic E-state index is 3.31. The molecule has 0 bridgehead atoms. The van der Waals surface area contributed by atoms with Gasteiger partial charge in [-0.3, -0.25) is 0 Å². The quantitative estimate of drug-likeness (QED) is 0.562. The van der Waals surface area contributed by atoms with Crippen molar-refractivity contribution in [2.45, 2.75) is 6.42 Å². The summed E-state index contributed by atoms with van der Waals surface area (Å²) in [4.78, 5) is 0. The maximum absolute atomic E-state index is 3.31. The molecule has 1 aliphatic carbocycles. The van der Waals surface area contributed by atoms with Crippen LogP contribution < -0.4 is 0 Å². The summed E-state index contributed by atoms with van der Waals surface area (Å²) in [6, 6.07) is 13.9. The van der Waals surface area contributed by atoms with Crippen molar-refractivity contribution in [3.8, 4) is 0 Å². The Kier molecular flexibility index (Phi) is 1.31. The minimum absolute atomic E-state index is 1.06. The second-order valence-electron chi connectivity index (χ2n) is 3.37. The van der Waals surface area contributed by atoms with Crippen molar-refractivity contribution < 1.29 is 0 Å². The van der Waals surface area contributed by atoms with Crippen LogP contribution in [0.25, 0.3) is 16.8 Å². The molecule has 0 unspecified atom stereocenters. The molecular weight excluding hydrogens is 156 g/mol. The maximum Gasteiger partial charge on any atom is -0.00818 e. The number of allylic oxidation sites excluding steroid dienone is 1. The SMILES string of the molecule is [c]1cc2ccccc2c2c1C=CC2. The summed E-state index contributed by atoms with van der Waals surface area (Å²) >= 11 is 0. The zero-order valence-electron chi connectivity index (χ0n) is 7.25. The van der Waals surface area contributed by atoms with E-state index >= 15 is 0 Å². The number of hydrogen-bond donors (Lipinski definition) is 0. The third kappa shape index (κ3) is 0.919. The van der Waals surface area contributed by atoms with Gasteiger partial charge in [0.1, 0.15) is 0 Å². The standard InChI is InChI=1S/C13H9/c1-2-6-12-10(4-1)8-9-11-5-3-7-13(11)12/h1-6,8H,7H2. The van der Waals surface area contributed by atoms with Gasteiger partial charge in [0.15, 0.2) is 0 Å². The molecule has 1 aliphatic rings. The van der Waals surface area contributed by atoms with E-state index in [9.17, 15) is 0 Å². The molecule has 0 atom stereocenters. The van der Waals surface area contributed by atoms with Crippen molar-refractivity contribution in [1.82, 2.24) is 0 Å². The zero-order chi connectivity index (χ0) is 8.67. The van der Waals surface area contributed by atoms with Crippen LogP contribution in [0.4, 0.5) is 0 Å². The van der Waals surface area contributed by atoms with Crippen molar-refractivity contribution in [1.29, 1.82) is 0 Å². The average molecular weight is 165 g/mol. The van der Waals surface area contributed by atoms with Crippen LogP contribution in [0.2, 0.25) is 0 Å². The lowest BCUT2D eigenvalue weighted by molar-refractivity contribution is 1.34. The molecule has 0 amide bonds. The minimum atomic E-state index is 1.06. The fourth-order valence-electron chi connectivity index (χ4n) is 1.95. The minimum Gasteiger partial charge on any atom is -0.0795 e. The van der Waals surface area contributed by atoms with Crippen LogP contribution >= 0.6 is 0 Å². The molecule has 0 aliphatic heterocycles. The molecule has 0 heteroatoms. The van der Waals surface area contributed by atoms with Gasteiger partial charge >= 0.3 is 0 Å². The molecule has 0 heterocycles. The van der Waals surface area contributed by atoms with Gasteiger partial charge in [-0.15, -0.1) is 0 Å². The second kappa shape index (κ2) is 2.46. The Balaban J connectivity index is 2.46. The van der Waals surface area contributed by atoms with Gasteiger partial charge in [-0.1, -0.05) is 36.4 Å². The Hall–Kier alpha value is -1.56. The number of rotatable bonds is 0. The molecule has 2 aromatic carbocycles. The Labute approximate surface area is 77.5 Å². The van der Waals surface area contributed by atoms with Crippen LogP contribution in [0.1, 0.15) is 11.1 Å². The second-order valence-corrected chi connectivity index (χ2v) is 3.37. The summed E-state index contributed by atoms with van der Waals surface area (Å²) in [5, 5.41) is 2.67. The van der Waals surface area contributed by atoms with E-state index in [1.54, 1.807) is 0 Å². The van der Waals surface area contributed by atoms with Crippen molar-refractivity contribution in [2.75, 3.05) is 0 Å². The van der Waals surface area contributed by atoms with Crippen LogP contribution in [0.3, 0.4) is 0 Å². The highest BCUT2D eigenvalue weighted by Gasteiger charge is 2.07. The highest BCUT2D eigenvalue weighted by atomic mass is 14.1. The summed E-state index contributed by atoms with van der Waals surface area (Å²) in [5.74, 6) is 0. The van der Waals surface area contributed by atoms with E-state index < -0.39 is 0 Å². The lowest BCUT2D eigenvalue weighted by Gasteiger charge is -2.03. The summed E-state index contributed by atoms with van der Waals surface area (Å²) in [7, 11) is 0. The van der Waals surface area contributed by atoms with Crippen LogP contribution in [-0.2, 0) is 6.42 Å². The third-order valence-corrected chi connectivity index (χ3v) is 2.60. The first-order chi connectivity index (χ1) is 6.45. The Morgan fingerprint density at radius 1 is 1.15 bits per heavy atom. The first-order valence-electron chi connectivity index (χ1n) is 4.54. The van der Waals surface area contributed by atoms with Gasteiger partial charge in [0.25, 0.3) is 0 Å². The molecular formula is C13H9. The molecule has 0 saturated heterocycles. The molecule has 0 saturated carbocycles. The van der Waals surface area contributed by atoms with Gasteiger partial charge in [-0.25, -0.2) is 0 Å². The van der Waals surface area contributed by atoms with Crippen molar-refractivity contribution in [3.05, 3.63) is 53.6 Å². The Morgan fingerprint density at radius 2 is 2.08 bits per heavy atom. The Morgan fingerprint density at radius 3 is 3.08 bits per heavy atom. The van der Waals surface area contributed by atoms with Crippen LogP contribution in [0.15, 0.2) is 36.4 Å². The van der Waals surface area contributed by atoms with Gasteiger partial charge in [0, 0.05) is 0 Å². The predicted octanol–water partition coefficient (Wildman–Crippen LogP) is 3.21. The van der Waals surface area contributed by atoms with Crippen molar-refractivity contribution in [2.24, 2.45) is 0 Å². The first-order valence-corrected chi connectivity index (χ1v) is 4.54. The molecule has 0 fully saturated rings. The fraction of sp³-hybridized carbons (Fsp3) is 0.0769. The highest BCUT2D eigenvalue weighted by molar-refractivity contribution is 5.90. The van der Waals surface area contributed by atoms with Gasteiger partial charge in [0.2, 0.25) is 0 Å². The average Bonchev–Trinajstić information content (AvgIpc) is 2.65. The van der Waals surface area contributed by atoms with Crippen molar-refractivity contribution in [3.63, 3.8) is 0 Å². The van der Waals surface area contributed by atoms with E-state index in [-0.39, 0.29) is 0 Å². The van der Waals surface area contributed by atoms with E-state index in [0.717, 1.165) is 6.42 Å². The summed E-state index contributed by atoms with van der Waals surface area (Å²) in [6.07, 6.45) is 5.42. The van der Waals surface area contributed by atoms with Crippen LogP contribution in [-0.4, -0.2) is 0 Å². The van der Waals surface area contributed by atoms with E-state index in [2.05, 4.69) is 48.6 Å². The number of fused-ring (bicyclic) bond motifs is 3. The molecule has 3 rings (SSSR count). The van der Waals surface area contributed by atoms with Crippen LogP contribution in [0.5, 0.6) is 0 Å². The normalized spacial score (nSPS) is 13.5. The van der Waals surface area contributed by atoms with E-state index in [1.165, 1.54) is 21.9 Å². The van der Waals surface area contributed by atoms with Gasteiger partial charge in [-0.05, 0) is 40.5 Å². The molecule has 0 aromatic heterocycles. The molecule has 0 spiro atoms. The van der Waals surface area contributed by atoms with E-state index in [1.807, 2.05) is 0 Å². The molecule has 61 valence electrons. The predicted molar refractivity (Wildman–Crippen MR) is 55.5 cm³/mol. The molecule has 0 N–H and O–H groups in total. The van der Waals surface area contributed by atoms with Gasteiger partial charge < -0.3 is 0 Å². The van der Waals surface area contributed by atoms with Crippen LogP contribution in [0, 0.1) is 6.07 Å². The zero-order valence-corrected chi connectivity index (χ0v) is 7.25. The smallest absolute Gasteiger partial charge is 0.00818 e. The molecule has 2 aromatic rings. The Bertz CT molecular complexity index is 492. The molecule has 13 heavy (non-hydrogen) atoms. The lowest BCUT2D eigenvalue weighted by Crippen LogP contribution is -1.84. The summed E-state index contributed by atoms with van der Waals surface area (Å²) < 4.78 is 0. The number of benzene rings is 2. The lowest BCUT2D eigenvalue weighted by atomic mass is 10.0. The molecule has 1 radical (unpaired) electrons.